The van der Waals surface area contributed by atoms with Crippen LogP contribution in [0.15, 0.2) is 30.3 Å². The number of carboxylic acid groups (broad SMARTS) is 1. The Morgan fingerprint density at radius 1 is 1.00 bits per heavy atom. The van der Waals surface area contributed by atoms with Crippen LogP contribution in [0.3, 0.4) is 0 Å². The lowest BCUT2D eigenvalue weighted by Gasteiger charge is -2.23. The second-order valence-electron chi connectivity index (χ2n) is 7.06. The van der Waals surface area contributed by atoms with Crippen molar-refractivity contribution >= 4 is 23.7 Å². The molecule has 0 bridgehead atoms. The number of rotatable bonds is 11. The summed E-state index contributed by atoms with van der Waals surface area (Å²) >= 11 is 0. The van der Waals surface area contributed by atoms with Gasteiger partial charge in [0.1, 0.15) is 12.1 Å². The molecule has 7 N–H and O–H groups in total. The van der Waals surface area contributed by atoms with E-state index in [0.29, 0.717) is 0 Å². The minimum Gasteiger partial charge on any atom is -0.480 e. The van der Waals surface area contributed by atoms with E-state index in [4.69, 9.17) is 11.5 Å². The number of amides is 3. The summed E-state index contributed by atoms with van der Waals surface area (Å²) in [4.78, 5) is 47.3. The molecule has 0 saturated heterocycles. The van der Waals surface area contributed by atoms with Crippen molar-refractivity contribution in [2.45, 2.75) is 51.2 Å². The van der Waals surface area contributed by atoms with Crippen LogP contribution in [0.1, 0.15) is 32.3 Å². The molecule has 0 heterocycles. The van der Waals surface area contributed by atoms with Crippen LogP contribution in [-0.2, 0) is 25.6 Å². The van der Waals surface area contributed by atoms with Crippen LogP contribution < -0.4 is 22.1 Å². The SMILES string of the molecule is CC(C)C[C@H](NC(=O)[C@H](Cc1ccccc1)NC(=O)[C@@H](N)CC(N)=O)C(=O)O. The standard InChI is InChI=1S/C19H28N4O5/c1-11(2)8-15(19(27)28)23-18(26)14(9-12-6-4-3-5-7-12)22-17(25)13(20)10-16(21)24/h3-7,11,13-15H,8-10,20H2,1-2H3,(H2,21,24)(H,22,25)(H,23,26)(H,27,28)/t13-,14-,15-/m0/s1. The van der Waals surface area contributed by atoms with Crippen molar-refractivity contribution < 1.29 is 24.3 Å². The Balaban J connectivity index is 2.95. The Morgan fingerprint density at radius 2 is 1.57 bits per heavy atom. The lowest BCUT2D eigenvalue weighted by atomic mass is 10.0. The Labute approximate surface area is 163 Å². The molecule has 1 rings (SSSR count). The van der Waals surface area contributed by atoms with Crippen molar-refractivity contribution in [2.75, 3.05) is 0 Å². The number of nitrogens with one attached hydrogen (secondary N) is 2. The molecule has 0 aliphatic heterocycles. The van der Waals surface area contributed by atoms with E-state index in [-0.39, 0.29) is 25.2 Å². The van der Waals surface area contributed by atoms with Gasteiger partial charge in [-0.1, -0.05) is 44.2 Å². The molecule has 0 aliphatic carbocycles. The third kappa shape index (κ3) is 8.17. The van der Waals surface area contributed by atoms with Gasteiger partial charge in [-0.25, -0.2) is 4.79 Å². The largest absolute Gasteiger partial charge is 0.480 e. The minimum atomic E-state index is -1.20. The molecular formula is C19H28N4O5. The number of hydrogen-bond acceptors (Lipinski definition) is 5. The Kier molecular flexibility index (Phi) is 9.10. The first-order valence-corrected chi connectivity index (χ1v) is 9.01. The summed E-state index contributed by atoms with van der Waals surface area (Å²) in [6.45, 7) is 3.68. The first-order chi connectivity index (χ1) is 13.1. The number of primary amides is 1. The van der Waals surface area contributed by atoms with Crippen LogP contribution in [0.4, 0.5) is 0 Å². The lowest BCUT2D eigenvalue weighted by Crippen LogP contribution is -2.55. The molecule has 0 unspecified atom stereocenters. The van der Waals surface area contributed by atoms with Gasteiger partial charge in [-0.3, -0.25) is 14.4 Å². The topological polar surface area (TPSA) is 165 Å². The van der Waals surface area contributed by atoms with Crippen molar-refractivity contribution in [3.05, 3.63) is 35.9 Å². The molecule has 0 aliphatic rings. The Bertz CT molecular complexity index is 693. The van der Waals surface area contributed by atoms with Gasteiger partial charge in [0.05, 0.1) is 12.5 Å². The second-order valence-corrected chi connectivity index (χ2v) is 7.06. The predicted octanol–water partition coefficient (Wildman–Crippen LogP) is -0.468. The summed E-state index contributed by atoms with van der Waals surface area (Å²) < 4.78 is 0. The van der Waals surface area contributed by atoms with E-state index in [9.17, 15) is 24.3 Å². The number of carboxylic acids is 1. The van der Waals surface area contributed by atoms with E-state index in [2.05, 4.69) is 10.6 Å². The average molecular weight is 392 g/mol. The molecule has 9 heteroatoms. The molecule has 9 nitrogen and oxygen atoms in total. The highest BCUT2D eigenvalue weighted by Crippen LogP contribution is 2.08. The molecule has 3 atom stereocenters. The van der Waals surface area contributed by atoms with Gasteiger partial charge in [0, 0.05) is 6.42 Å². The number of aliphatic carboxylic acids is 1. The fourth-order valence-corrected chi connectivity index (χ4v) is 2.61. The molecule has 0 radical (unpaired) electrons. The molecule has 0 saturated carbocycles. The third-order valence-electron chi connectivity index (χ3n) is 4.00. The van der Waals surface area contributed by atoms with Gasteiger partial charge < -0.3 is 27.2 Å². The maximum Gasteiger partial charge on any atom is 0.326 e. The number of carbonyl (C=O) groups excluding carboxylic acids is 3. The van der Waals surface area contributed by atoms with Crippen molar-refractivity contribution in [1.82, 2.24) is 10.6 Å². The van der Waals surface area contributed by atoms with Crippen LogP contribution in [0.2, 0.25) is 0 Å². The first-order valence-electron chi connectivity index (χ1n) is 9.01. The summed E-state index contributed by atoms with van der Waals surface area (Å²) in [6.07, 6.45) is 0.0145. The summed E-state index contributed by atoms with van der Waals surface area (Å²) in [7, 11) is 0. The fourth-order valence-electron chi connectivity index (χ4n) is 2.61. The van der Waals surface area contributed by atoms with Crippen molar-refractivity contribution in [3.8, 4) is 0 Å². The van der Waals surface area contributed by atoms with Crippen molar-refractivity contribution in [3.63, 3.8) is 0 Å². The van der Waals surface area contributed by atoms with Crippen LogP contribution >= 0.6 is 0 Å². The minimum absolute atomic E-state index is 0.0487. The fraction of sp³-hybridized carbons (Fsp3) is 0.474. The molecule has 28 heavy (non-hydrogen) atoms. The van der Waals surface area contributed by atoms with E-state index in [1.54, 1.807) is 24.3 Å². The van der Waals surface area contributed by atoms with Crippen LogP contribution in [-0.4, -0.2) is 46.9 Å². The first kappa shape index (κ1) is 23.1. The highest BCUT2D eigenvalue weighted by Gasteiger charge is 2.28. The van der Waals surface area contributed by atoms with E-state index >= 15 is 0 Å². The zero-order valence-electron chi connectivity index (χ0n) is 16.1. The lowest BCUT2D eigenvalue weighted by molar-refractivity contribution is -0.142. The van der Waals surface area contributed by atoms with Gasteiger partial charge in [-0.2, -0.15) is 0 Å². The van der Waals surface area contributed by atoms with E-state index < -0.39 is 41.8 Å². The molecular weight excluding hydrogens is 364 g/mol. The number of nitrogens with two attached hydrogens (primary N) is 2. The summed E-state index contributed by atoms with van der Waals surface area (Å²) in [5, 5.41) is 14.3. The molecule has 1 aromatic carbocycles. The van der Waals surface area contributed by atoms with Crippen molar-refractivity contribution in [2.24, 2.45) is 17.4 Å². The number of hydrogen-bond donors (Lipinski definition) is 5. The van der Waals surface area contributed by atoms with Gasteiger partial charge in [0.25, 0.3) is 0 Å². The van der Waals surface area contributed by atoms with Gasteiger partial charge >= 0.3 is 5.97 Å². The normalized spacial score (nSPS) is 14.0. The zero-order chi connectivity index (χ0) is 21.3. The second kappa shape index (κ2) is 11.0. The summed E-state index contributed by atoms with van der Waals surface area (Å²) in [5.41, 5.74) is 11.4. The van der Waals surface area contributed by atoms with Crippen LogP contribution in [0, 0.1) is 5.92 Å². The quantitative estimate of drug-likeness (QED) is 0.342. The van der Waals surface area contributed by atoms with Crippen LogP contribution in [0.5, 0.6) is 0 Å². The summed E-state index contributed by atoms with van der Waals surface area (Å²) in [6, 6.07) is 5.59. The van der Waals surface area contributed by atoms with Gasteiger partial charge in [0.15, 0.2) is 0 Å². The Morgan fingerprint density at radius 3 is 2.07 bits per heavy atom. The maximum atomic E-state index is 12.7. The highest BCUT2D eigenvalue weighted by molar-refractivity contribution is 5.93. The summed E-state index contributed by atoms with van der Waals surface area (Å²) in [5.74, 6) is -3.21. The highest BCUT2D eigenvalue weighted by atomic mass is 16.4. The molecule has 1 aromatic rings. The van der Waals surface area contributed by atoms with E-state index in [0.717, 1.165) is 5.56 Å². The van der Waals surface area contributed by atoms with Gasteiger partial charge in [-0.05, 0) is 17.9 Å². The van der Waals surface area contributed by atoms with Crippen molar-refractivity contribution in [1.29, 1.82) is 0 Å². The van der Waals surface area contributed by atoms with Crippen LogP contribution in [0.25, 0.3) is 0 Å². The number of benzene rings is 1. The van der Waals surface area contributed by atoms with E-state index in [1.807, 2.05) is 19.9 Å². The zero-order valence-corrected chi connectivity index (χ0v) is 16.1. The smallest absolute Gasteiger partial charge is 0.326 e. The molecule has 0 spiro atoms. The maximum absolute atomic E-state index is 12.7. The molecule has 0 fully saturated rings. The van der Waals surface area contributed by atoms with E-state index in [1.165, 1.54) is 0 Å². The molecule has 154 valence electrons. The monoisotopic (exact) mass is 392 g/mol. The van der Waals surface area contributed by atoms with Gasteiger partial charge in [0.2, 0.25) is 17.7 Å². The Hall–Kier alpha value is -2.94. The van der Waals surface area contributed by atoms with Gasteiger partial charge in [-0.15, -0.1) is 0 Å². The average Bonchev–Trinajstić information content (AvgIpc) is 2.60. The predicted molar refractivity (Wildman–Crippen MR) is 103 cm³/mol. The molecule has 3 amide bonds. The number of carbonyl (C=O) groups is 4. The third-order valence-corrected chi connectivity index (χ3v) is 4.00. The molecule has 0 aromatic heterocycles.